The molecule has 0 saturated heterocycles. The van der Waals surface area contributed by atoms with Crippen molar-refractivity contribution < 1.29 is 0 Å². The summed E-state index contributed by atoms with van der Waals surface area (Å²) >= 11 is 0. The largest absolute Gasteiger partial charge is 0.277 e. The molecule has 0 saturated carbocycles. The number of aromatic nitrogens is 2. The molecule has 1 N–H and O–H groups in total. The molecule has 22 heavy (non-hydrogen) atoms. The van der Waals surface area contributed by atoms with Crippen LogP contribution in [0.3, 0.4) is 0 Å². The molecule has 0 spiro atoms. The number of anilines is 1. The van der Waals surface area contributed by atoms with Crippen LogP contribution in [-0.4, -0.2) is 16.0 Å². The number of nitrogens with one attached hydrogen (secondary N) is 1. The average Bonchev–Trinajstić information content (AvgIpc) is 2.82. The molecule has 1 aromatic rings. The summed E-state index contributed by atoms with van der Waals surface area (Å²) in [6, 6.07) is 7.83. The van der Waals surface area contributed by atoms with Gasteiger partial charge in [0.2, 0.25) is 0 Å². The molecule has 3 aliphatic rings. The van der Waals surface area contributed by atoms with Gasteiger partial charge in [-0.05, 0) is 30.2 Å². The van der Waals surface area contributed by atoms with E-state index in [1.807, 2.05) is 30.3 Å². The number of hydrogen-bond acceptors (Lipinski definition) is 4. The summed E-state index contributed by atoms with van der Waals surface area (Å²) < 4.78 is 1.58. The summed E-state index contributed by atoms with van der Waals surface area (Å²) in [7, 11) is 0. The van der Waals surface area contributed by atoms with E-state index in [-0.39, 0.29) is 5.56 Å². The van der Waals surface area contributed by atoms with E-state index in [9.17, 15) is 4.79 Å². The van der Waals surface area contributed by atoms with Crippen molar-refractivity contribution in [1.82, 2.24) is 9.78 Å². The van der Waals surface area contributed by atoms with Gasteiger partial charge in [-0.15, -0.1) is 0 Å². The molecule has 5 nitrogen and oxygen atoms in total. The zero-order valence-electron chi connectivity index (χ0n) is 12.5. The van der Waals surface area contributed by atoms with Crippen LogP contribution in [0, 0.1) is 5.92 Å². The molecule has 4 rings (SSSR count). The molecule has 1 aromatic heterocycles. The topological polar surface area (TPSA) is 59.3 Å². The molecule has 1 aliphatic heterocycles. The third-order valence-electron chi connectivity index (χ3n) is 3.93. The number of hydrogen-bond donors (Lipinski definition) is 1. The highest BCUT2D eigenvalue weighted by Gasteiger charge is 2.19. The van der Waals surface area contributed by atoms with E-state index in [1.165, 1.54) is 0 Å². The highest BCUT2D eigenvalue weighted by atomic mass is 16.1. The van der Waals surface area contributed by atoms with Crippen molar-refractivity contribution in [3.05, 3.63) is 39.8 Å². The SMILES string of the molecule is CC(C)Cn1nc2ccc3c4c(ccc(c2-3)c1=O)=CC=NN4. The lowest BCUT2D eigenvalue weighted by atomic mass is 10.1. The lowest BCUT2D eigenvalue weighted by Crippen LogP contribution is -2.25. The van der Waals surface area contributed by atoms with Gasteiger partial charge in [-0.25, -0.2) is 4.68 Å². The van der Waals surface area contributed by atoms with Gasteiger partial charge in [-0.2, -0.15) is 10.2 Å². The zero-order valence-corrected chi connectivity index (χ0v) is 12.5. The summed E-state index contributed by atoms with van der Waals surface area (Å²) in [5.41, 5.74) is 6.67. The highest BCUT2D eigenvalue weighted by Crippen LogP contribution is 2.34. The van der Waals surface area contributed by atoms with Gasteiger partial charge >= 0.3 is 0 Å². The molecule has 2 heterocycles. The Morgan fingerprint density at radius 1 is 1.23 bits per heavy atom. The van der Waals surface area contributed by atoms with E-state index in [4.69, 9.17) is 0 Å². The Balaban J connectivity index is 2.11. The van der Waals surface area contributed by atoms with Crippen LogP contribution in [0.4, 0.5) is 5.69 Å². The number of fused-ring (bicyclic) bond motifs is 2. The van der Waals surface area contributed by atoms with Crippen molar-refractivity contribution >= 4 is 28.9 Å². The van der Waals surface area contributed by atoms with Gasteiger partial charge in [0.15, 0.2) is 0 Å². The second-order valence-corrected chi connectivity index (χ2v) is 6.02. The van der Waals surface area contributed by atoms with E-state index >= 15 is 0 Å². The van der Waals surface area contributed by atoms with Gasteiger partial charge in [0.25, 0.3) is 5.56 Å². The summed E-state index contributed by atoms with van der Waals surface area (Å²) in [5, 5.41) is 10.4. The molecule has 110 valence electrons. The standard InChI is InChI=1S/C17H16N4O/c1-10(2)9-21-17(22)13-4-3-11-7-8-18-19-16(11)12-5-6-14(20-21)15(12)13/h3-8,10,19H,9H2,1-2H3. The molecule has 0 aromatic carbocycles. The van der Waals surface area contributed by atoms with Gasteiger partial charge in [-0.1, -0.05) is 19.9 Å². The maximum Gasteiger partial charge on any atom is 0.274 e. The lowest BCUT2D eigenvalue weighted by Gasteiger charge is -2.11. The first-order valence-corrected chi connectivity index (χ1v) is 7.41. The fourth-order valence-electron chi connectivity index (χ4n) is 2.98. The van der Waals surface area contributed by atoms with Crippen molar-refractivity contribution in [3.63, 3.8) is 0 Å². The summed E-state index contributed by atoms with van der Waals surface area (Å²) in [4.78, 5) is 12.8. The summed E-state index contributed by atoms with van der Waals surface area (Å²) in [6.07, 6.45) is 3.65. The molecular weight excluding hydrogens is 276 g/mol. The summed E-state index contributed by atoms with van der Waals surface area (Å²) in [5.74, 6) is 0.369. The quantitative estimate of drug-likeness (QED) is 0.786. The smallest absolute Gasteiger partial charge is 0.274 e. The Labute approximate surface area is 127 Å². The van der Waals surface area contributed by atoms with Gasteiger partial charge in [0.1, 0.15) is 0 Å². The second-order valence-electron chi connectivity index (χ2n) is 6.02. The normalized spacial score (nSPS) is 13.4. The zero-order chi connectivity index (χ0) is 15.3. The minimum absolute atomic E-state index is 0.0364. The minimum atomic E-state index is -0.0364. The van der Waals surface area contributed by atoms with Gasteiger partial charge < -0.3 is 0 Å². The van der Waals surface area contributed by atoms with Gasteiger partial charge in [-0.3, -0.25) is 10.2 Å². The summed E-state index contributed by atoms with van der Waals surface area (Å²) in [6.45, 7) is 4.79. The average molecular weight is 292 g/mol. The van der Waals surface area contributed by atoms with Gasteiger partial charge in [0.05, 0.1) is 16.6 Å². The third-order valence-corrected chi connectivity index (χ3v) is 3.93. The molecule has 5 heteroatoms. The minimum Gasteiger partial charge on any atom is -0.277 e. The number of rotatable bonds is 2. The monoisotopic (exact) mass is 292 g/mol. The fraction of sp³-hybridized carbons (Fsp3) is 0.235. The molecule has 0 unspecified atom stereocenters. The first-order chi connectivity index (χ1) is 10.6. The van der Waals surface area contributed by atoms with Crippen LogP contribution < -0.4 is 16.2 Å². The Hall–Kier alpha value is -2.69. The fourth-order valence-corrected chi connectivity index (χ4v) is 2.98. The van der Waals surface area contributed by atoms with E-state index in [0.29, 0.717) is 17.8 Å². The van der Waals surface area contributed by atoms with E-state index in [0.717, 1.165) is 27.5 Å². The van der Waals surface area contributed by atoms with Crippen molar-refractivity contribution in [2.75, 3.05) is 5.43 Å². The Kier molecular flexibility index (Phi) is 2.76. The first-order valence-electron chi connectivity index (χ1n) is 7.41. The van der Waals surface area contributed by atoms with Crippen LogP contribution in [0.15, 0.2) is 34.2 Å². The molecule has 0 fully saturated rings. The Morgan fingerprint density at radius 2 is 2.09 bits per heavy atom. The Bertz CT molecular complexity index is 984. The third kappa shape index (κ3) is 1.82. The molecule has 0 radical (unpaired) electrons. The van der Waals surface area contributed by atoms with Crippen LogP contribution >= 0.6 is 0 Å². The van der Waals surface area contributed by atoms with Gasteiger partial charge in [0, 0.05) is 29.1 Å². The predicted molar refractivity (Wildman–Crippen MR) is 89.3 cm³/mol. The molecule has 2 aliphatic carbocycles. The number of hydrazone groups is 1. The molecule has 0 amide bonds. The van der Waals surface area contributed by atoms with Crippen molar-refractivity contribution in [1.29, 1.82) is 0 Å². The van der Waals surface area contributed by atoms with E-state index in [1.54, 1.807) is 10.9 Å². The molecular formula is C17H16N4O. The predicted octanol–water partition coefficient (Wildman–Crippen LogP) is 2.07. The first kappa shape index (κ1) is 13.0. The molecule has 0 bridgehead atoms. The van der Waals surface area contributed by atoms with Crippen LogP contribution in [0.25, 0.3) is 28.1 Å². The maximum atomic E-state index is 12.8. The van der Waals surface area contributed by atoms with Crippen molar-refractivity contribution in [2.24, 2.45) is 11.0 Å². The maximum absolute atomic E-state index is 12.8. The second kappa shape index (κ2) is 4.66. The van der Waals surface area contributed by atoms with Crippen molar-refractivity contribution in [3.8, 4) is 11.1 Å². The number of nitrogens with zero attached hydrogens (tertiary/aromatic N) is 3. The van der Waals surface area contributed by atoms with Crippen LogP contribution in [0.2, 0.25) is 0 Å². The van der Waals surface area contributed by atoms with Crippen LogP contribution in [0.1, 0.15) is 13.8 Å². The van der Waals surface area contributed by atoms with Crippen molar-refractivity contribution in [2.45, 2.75) is 20.4 Å². The van der Waals surface area contributed by atoms with Crippen LogP contribution in [-0.2, 0) is 6.54 Å². The van der Waals surface area contributed by atoms with E-state index in [2.05, 4.69) is 29.5 Å². The highest BCUT2D eigenvalue weighted by molar-refractivity contribution is 6.03. The lowest BCUT2D eigenvalue weighted by molar-refractivity contribution is 0.471. The molecule has 0 atom stereocenters. The van der Waals surface area contributed by atoms with E-state index < -0.39 is 0 Å². The van der Waals surface area contributed by atoms with Crippen LogP contribution in [0.5, 0.6) is 0 Å². The Morgan fingerprint density at radius 3 is 2.91 bits per heavy atom.